The molecule has 0 radical (unpaired) electrons. The normalized spacial score (nSPS) is 11.9. The van der Waals surface area contributed by atoms with Gasteiger partial charge < -0.3 is 9.64 Å². The molecule has 2 rings (SSSR count). The zero-order valence-electron chi connectivity index (χ0n) is 16.1. The average Bonchev–Trinajstić information content (AvgIpc) is 2.59. The van der Waals surface area contributed by atoms with Gasteiger partial charge in [0.2, 0.25) is 10.0 Å². The summed E-state index contributed by atoms with van der Waals surface area (Å²) in [5.74, 6) is 0.274. The Morgan fingerprint density at radius 2 is 1.63 bits per heavy atom. The highest BCUT2D eigenvalue weighted by molar-refractivity contribution is 7.89. The number of nitrogens with one attached hydrogen (secondary N) is 1. The Bertz CT molecular complexity index is 857. The second-order valence-corrected chi connectivity index (χ2v) is 9.03. The first-order valence-corrected chi connectivity index (χ1v) is 10.1. The van der Waals surface area contributed by atoms with Crippen molar-refractivity contribution < 1.29 is 17.9 Å². The molecule has 1 N–H and O–H groups in total. The molecule has 27 heavy (non-hydrogen) atoms. The summed E-state index contributed by atoms with van der Waals surface area (Å²) in [5.41, 5.74) is 0.471. The summed E-state index contributed by atoms with van der Waals surface area (Å²) in [4.78, 5) is 13.9. The summed E-state index contributed by atoms with van der Waals surface area (Å²) in [6.07, 6.45) is 0. The number of rotatable bonds is 7. The van der Waals surface area contributed by atoms with Crippen LogP contribution in [0.15, 0.2) is 59.5 Å². The largest absolute Gasteiger partial charge is 0.484 e. The molecule has 0 saturated carbocycles. The second-order valence-electron chi connectivity index (χ2n) is 7.35. The van der Waals surface area contributed by atoms with E-state index in [1.165, 1.54) is 12.1 Å². The first-order valence-electron chi connectivity index (χ1n) is 8.61. The number of carbonyl (C=O) groups excluding carboxylic acids is 1. The van der Waals surface area contributed by atoms with Crippen LogP contribution in [0.2, 0.25) is 0 Å². The number of amides is 1. The summed E-state index contributed by atoms with van der Waals surface area (Å²) in [6, 6.07) is 15.7. The lowest BCUT2D eigenvalue weighted by Gasteiger charge is -2.20. The zero-order chi connectivity index (χ0) is 20.1. The van der Waals surface area contributed by atoms with Crippen LogP contribution in [-0.2, 0) is 21.4 Å². The van der Waals surface area contributed by atoms with Crippen LogP contribution in [0.5, 0.6) is 5.75 Å². The maximum absolute atomic E-state index is 12.3. The van der Waals surface area contributed by atoms with Gasteiger partial charge in [0.15, 0.2) is 6.61 Å². The van der Waals surface area contributed by atoms with E-state index in [-0.39, 0.29) is 17.4 Å². The number of nitrogens with zero attached hydrogens (tertiary/aromatic N) is 1. The highest BCUT2D eigenvalue weighted by Gasteiger charge is 2.21. The van der Waals surface area contributed by atoms with Gasteiger partial charge in [-0.2, -0.15) is 0 Å². The molecule has 0 bridgehead atoms. The van der Waals surface area contributed by atoms with Crippen molar-refractivity contribution in [3.8, 4) is 5.75 Å². The number of hydrogen-bond donors (Lipinski definition) is 1. The fraction of sp³-hybridized carbons (Fsp3) is 0.350. The number of ether oxygens (including phenoxy) is 1. The molecule has 0 aliphatic carbocycles. The van der Waals surface area contributed by atoms with Crippen LogP contribution in [0.25, 0.3) is 0 Å². The lowest BCUT2D eigenvalue weighted by molar-refractivity contribution is -0.132. The van der Waals surface area contributed by atoms with E-state index in [9.17, 15) is 13.2 Å². The van der Waals surface area contributed by atoms with Crippen LogP contribution in [0.1, 0.15) is 26.3 Å². The number of hydrogen-bond acceptors (Lipinski definition) is 4. The summed E-state index contributed by atoms with van der Waals surface area (Å²) in [5, 5.41) is 0. The van der Waals surface area contributed by atoms with Gasteiger partial charge in [0.1, 0.15) is 5.75 Å². The molecule has 146 valence electrons. The number of benzene rings is 2. The van der Waals surface area contributed by atoms with Crippen LogP contribution in [0, 0.1) is 0 Å². The first kappa shape index (κ1) is 20.9. The van der Waals surface area contributed by atoms with E-state index in [1.54, 1.807) is 44.9 Å². The van der Waals surface area contributed by atoms with E-state index in [1.807, 2.05) is 30.3 Å². The van der Waals surface area contributed by atoms with Crippen molar-refractivity contribution in [3.05, 3.63) is 60.2 Å². The van der Waals surface area contributed by atoms with E-state index in [2.05, 4.69) is 4.72 Å². The van der Waals surface area contributed by atoms with Gasteiger partial charge in [-0.1, -0.05) is 30.3 Å². The van der Waals surface area contributed by atoms with Crippen molar-refractivity contribution in [1.29, 1.82) is 0 Å². The molecule has 0 unspecified atom stereocenters. The van der Waals surface area contributed by atoms with Gasteiger partial charge in [0.05, 0.1) is 4.90 Å². The second kappa shape index (κ2) is 8.54. The third kappa shape index (κ3) is 6.69. The molecule has 0 aromatic heterocycles. The van der Waals surface area contributed by atoms with Gasteiger partial charge in [0.25, 0.3) is 5.91 Å². The Hall–Kier alpha value is -2.38. The molecule has 6 nitrogen and oxygen atoms in total. The monoisotopic (exact) mass is 390 g/mol. The highest BCUT2D eigenvalue weighted by atomic mass is 32.2. The zero-order valence-corrected chi connectivity index (χ0v) is 16.9. The van der Waals surface area contributed by atoms with Gasteiger partial charge in [0, 0.05) is 19.1 Å². The minimum atomic E-state index is -3.59. The summed E-state index contributed by atoms with van der Waals surface area (Å²) >= 11 is 0. The minimum Gasteiger partial charge on any atom is -0.484 e. The number of carbonyl (C=O) groups is 1. The number of sulfonamides is 1. The van der Waals surface area contributed by atoms with Crippen LogP contribution < -0.4 is 9.46 Å². The predicted octanol–water partition coefficient (Wildman–Crippen LogP) is 2.80. The van der Waals surface area contributed by atoms with Gasteiger partial charge in [-0.05, 0) is 50.6 Å². The molecule has 0 heterocycles. The SMILES string of the molecule is CN(Cc1ccccc1)C(=O)COc1ccc(S(=O)(=O)NC(C)(C)C)cc1. The van der Waals surface area contributed by atoms with E-state index in [4.69, 9.17) is 4.74 Å². The van der Waals surface area contributed by atoms with Gasteiger partial charge >= 0.3 is 0 Å². The lowest BCUT2D eigenvalue weighted by Crippen LogP contribution is -2.40. The standard InChI is InChI=1S/C20H26N2O4S/c1-20(2,3)21-27(24,25)18-12-10-17(11-13-18)26-15-19(23)22(4)14-16-8-6-5-7-9-16/h5-13,21H,14-15H2,1-4H3. The molecule has 0 aliphatic heterocycles. The quantitative estimate of drug-likeness (QED) is 0.789. The minimum absolute atomic E-state index is 0.115. The molecule has 0 spiro atoms. The van der Waals surface area contributed by atoms with Crippen LogP contribution >= 0.6 is 0 Å². The van der Waals surface area contributed by atoms with Crippen molar-refractivity contribution in [2.24, 2.45) is 0 Å². The maximum Gasteiger partial charge on any atom is 0.260 e. The highest BCUT2D eigenvalue weighted by Crippen LogP contribution is 2.18. The molecule has 2 aromatic rings. The third-order valence-electron chi connectivity index (χ3n) is 3.63. The molecule has 1 amide bonds. The van der Waals surface area contributed by atoms with Crippen molar-refractivity contribution in [2.45, 2.75) is 37.8 Å². The number of likely N-dealkylation sites (N-methyl/N-ethyl adjacent to an activating group) is 1. The van der Waals surface area contributed by atoms with Crippen molar-refractivity contribution in [3.63, 3.8) is 0 Å². The van der Waals surface area contributed by atoms with E-state index in [0.717, 1.165) is 5.56 Å². The van der Waals surface area contributed by atoms with Gasteiger partial charge in [-0.25, -0.2) is 13.1 Å². The molecule has 7 heteroatoms. The Balaban J connectivity index is 1.92. The molecule has 0 saturated heterocycles. The lowest BCUT2D eigenvalue weighted by atomic mass is 10.1. The first-order chi connectivity index (χ1) is 12.6. The van der Waals surface area contributed by atoms with Crippen LogP contribution in [0.3, 0.4) is 0 Å². The van der Waals surface area contributed by atoms with Crippen molar-refractivity contribution in [2.75, 3.05) is 13.7 Å². The summed E-state index contributed by atoms with van der Waals surface area (Å²) < 4.78 is 32.6. The summed E-state index contributed by atoms with van der Waals surface area (Å²) in [7, 11) is -1.88. The maximum atomic E-state index is 12.3. The molecule has 0 atom stereocenters. The Kier molecular flexibility index (Phi) is 6.62. The molecule has 0 fully saturated rings. The fourth-order valence-electron chi connectivity index (χ4n) is 2.38. The molecular weight excluding hydrogens is 364 g/mol. The Morgan fingerprint density at radius 3 is 2.19 bits per heavy atom. The molecule has 0 aliphatic rings. The average molecular weight is 391 g/mol. The topological polar surface area (TPSA) is 75.7 Å². The predicted molar refractivity (Wildman–Crippen MR) is 105 cm³/mol. The van der Waals surface area contributed by atoms with Crippen molar-refractivity contribution >= 4 is 15.9 Å². The van der Waals surface area contributed by atoms with E-state index in [0.29, 0.717) is 12.3 Å². The van der Waals surface area contributed by atoms with E-state index >= 15 is 0 Å². The Morgan fingerprint density at radius 1 is 1.04 bits per heavy atom. The molecular formula is C20H26N2O4S. The van der Waals surface area contributed by atoms with Gasteiger partial charge in [-0.3, -0.25) is 4.79 Å². The van der Waals surface area contributed by atoms with Crippen molar-refractivity contribution in [1.82, 2.24) is 9.62 Å². The van der Waals surface area contributed by atoms with E-state index < -0.39 is 15.6 Å². The van der Waals surface area contributed by atoms with Gasteiger partial charge in [-0.15, -0.1) is 0 Å². The third-order valence-corrected chi connectivity index (χ3v) is 5.40. The van der Waals surface area contributed by atoms with Crippen LogP contribution in [-0.4, -0.2) is 38.4 Å². The molecule has 2 aromatic carbocycles. The smallest absolute Gasteiger partial charge is 0.260 e. The summed E-state index contributed by atoms with van der Waals surface area (Å²) in [6.45, 7) is 5.72. The van der Waals surface area contributed by atoms with Crippen LogP contribution in [0.4, 0.5) is 0 Å². The Labute approximate surface area is 161 Å². The fourth-order valence-corrected chi connectivity index (χ4v) is 3.80.